The number of piperidine rings is 1. The number of rotatable bonds is 2. The SMILES string of the molecule is CCC(C)(C)[C@@H]1CCN(C)C[C@@H]1F. The molecule has 0 aliphatic carbocycles. The molecule has 0 spiro atoms. The van der Waals surface area contributed by atoms with Gasteiger partial charge in [0.25, 0.3) is 0 Å². The molecule has 0 bridgehead atoms. The van der Waals surface area contributed by atoms with E-state index in [0.717, 1.165) is 19.4 Å². The largest absolute Gasteiger partial charge is 0.303 e. The first kappa shape index (κ1) is 11.0. The van der Waals surface area contributed by atoms with Gasteiger partial charge in [0.15, 0.2) is 0 Å². The van der Waals surface area contributed by atoms with E-state index < -0.39 is 6.17 Å². The van der Waals surface area contributed by atoms with Crippen LogP contribution in [0.2, 0.25) is 0 Å². The van der Waals surface area contributed by atoms with Crippen molar-refractivity contribution in [2.75, 3.05) is 20.1 Å². The van der Waals surface area contributed by atoms with Gasteiger partial charge in [-0.2, -0.15) is 0 Å². The van der Waals surface area contributed by atoms with Gasteiger partial charge in [0.1, 0.15) is 6.17 Å². The molecule has 0 aromatic heterocycles. The lowest BCUT2D eigenvalue weighted by Crippen LogP contribution is -2.45. The maximum absolute atomic E-state index is 13.7. The van der Waals surface area contributed by atoms with Crippen LogP contribution >= 0.6 is 0 Å². The molecule has 0 unspecified atom stereocenters. The van der Waals surface area contributed by atoms with E-state index in [-0.39, 0.29) is 11.3 Å². The van der Waals surface area contributed by atoms with Gasteiger partial charge in [-0.05, 0) is 31.3 Å². The Bertz CT molecular complexity index is 167. The Balaban J connectivity index is 2.60. The second-order valence-electron chi connectivity index (χ2n) is 5.02. The minimum absolute atomic E-state index is 0.167. The Hall–Kier alpha value is -0.110. The molecule has 1 aliphatic rings. The predicted molar refractivity (Wildman–Crippen MR) is 54.6 cm³/mol. The third-order valence-electron chi connectivity index (χ3n) is 3.66. The first-order valence-corrected chi connectivity index (χ1v) is 5.30. The Labute approximate surface area is 81.3 Å². The zero-order valence-corrected chi connectivity index (χ0v) is 9.31. The van der Waals surface area contributed by atoms with E-state index in [9.17, 15) is 4.39 Å². The molecule has 0 N–H and O–H groups in total. The normalized spacial score (nSPS) is 32.1. The summed E-state index contributed by atoms with van der Waals surface area (Å²) in [6, 6.07) is 0. The van der Waals surface area contributed by atoms with Gasteiger partial charge in [-0.15, -0.1) is 0 Å². The van der Waals surface area contributed by atoms with Gasteiger partial charge in [0, 0.05) is 6.54 Å². The van der Waals surface area contributed by atoms with Gasteiger partial charge in [-0.3, -0.25) is 0 Å². The summed E-state index contributed by atoms with van der Waals surface area (Å²) in [7, 11) is 2.00. The van der Waals surface area contributed by atoms with Crippen LogP contribution in [0.5, 0.6) is 0 Å². The molecule has 0 saturated carbocycles. The zero-order valence-electron chi connectivity index (χ0n) is 9.31. The van der Waals surface area contributed by atoms with Gasteiger partial charge in [0.2, 0.25) is 0 Å². The minimum atomic E-state index is -0.631. The second kappa shape index (κ2) is 3.95. The van der Waals surface area contributed by atoms with E-state index in [2.05, 4.69) is 25.7 Å². The van der Waals surface area contributed by atoms with E-state index in [0.29, 0.717) is 6.54 Å². The molecular formula is C11H22FN. The van der Waals surface area contributed by atoms with Crippen molar-refractivity contribution in [3.8, 4) is 0 Å². The summed E-state index contributed by atoms with van der Waals surface area (Å²) in [6.45, 7) is 8.21. The van der Waals surface area contributed by atoms with Crippen molar-refractivity contribution in [3.05, 3.63) is 0 Å². The van der Waals surface area contributed by atoms with Crippen LogP contribution in [0.4, 0.5) is 4.39 Å². The molecule has 1 fully saturated rings. The summed E-state index contributed by atoms with van der Waals surface area (Å²) in [5, 5.41) is 0. The van der Waals surface area contributed by atoms with Gasteiger partial charge >= 0.3 is 0 Å². The summed E-state index contributed by atoms with van der Waals surface area (Å²) in [5.74, 6) is 0.258. The lowest BCUT2D eigenvalue weighted by Gasteiger charge is -2.41. The highest BCUT2D eigenvalue weighted by Crippen LogP contribution is 2.38. The van der Waals surface area contributed by atoms with Crippen LogP contribution in [0.3, 0.4) is 0 Å². The lowest BCUT2D eigenvalue weighted by molar-refractivity contribution is 0.0261. The molecule has 0 aromatic rings. The molecule has 1 heterocycles. The molecule has 78 valence electrons. The van der Waals surface area contributed by atoms with Gasteiger partial charge in [-0.25, -0.2) is 4.39 Å². The Morgan fingerprint density at radius 1 is 1.46 bits per heavy atom. The van der Waals surface area contributed by atoms with E-state index in [1.54, 1.807) is 0 Å². The van der Waals surface area contributed by atoms with Crippen molar-refractivity contribution in [3.63, 3.8) is 0 Å². The number of hydrogen-bond donors (Lipinski definition) is 0. The number of nitrogens with zero attached hydrogens (tertiary/aromatic N) is 1. The molecule has 1 saturated heterocycles. The Kier molecular flexibility index (Phi) is 3.33. The summed E-state index contributed by atoms with van der Waals surface area (Å²) in [5.41, 5.74) is 0.167. The molecule has 13 heavy (non-hydrogen) atoms. The van der Waals surface area contributed by atoms with E-state index in [1.807, 2.05) is 7.05 Å². The van der Waals surface area contributed by atoms with Gasteiger partial charge in [0.05, 0.1) is 0 Å². The number of alkyl halides is 1. The Morgan fingerprint density at radius 2 is 2.08 bits per heavy atom. The zero-order chi connectivity index (χ0) is 10.1. The first-order valence-electron chi connectivity index (χ1n) is 5.30. The molecule has 2 atom stereocenters. The van der Waals surface area contributed by atoms with E-state index in [1.165, 1.54) is 0 Å². The van der Waals surface area contributed by atoms with Gasteiger partial charge in [-0.1, -0.05) is 27.2 Å². The van der Waals surface area contributed by atoms with Gasteiger partial charge < -0.3 is 4.90 Å². The quantitative estimate of drug-likeness (QED) is 0.642. The average molecular weight is 187 g/mol. The maximum atomic E-state index is 13.7. The molecular weight excluding hydrogens is 165 g/mol. The molecule has 0 amide bonds. The molecule has 0 aromatic carbocycles. The maximum Gasteiger partial charge on any atom is 0.116 e. The topological polar surface area (TPSA) is 3.24 Å². The number of hydrogen-bond acceptors (Lipinski definition) is 1. The fourth-order valence-corrected chi connectivity index (χ4v) is 2.20. The minimum Gasteiger partial charge on any atom is -0.303 e. The summed E-state index contributed by atoms with van der Waals surface area (Å²) in [6.07, 6.45) is 1.45. The first-order chi connectivity index (χ1) is 5.97. The predicted octanol–water partition coefficient (Wildman–Crippen LogP) is 2.71. The Morgan fingerprint density at radius 3 is 2.54 bits per heavy atom. The van der Waals surface area contributed by atoms with Crippen LogP contribution in [0.25, 0.3) is 0 Å². The molecule has 2 heteroatoms. The summed E-state index contributed by atoms with van der Waals surface area (Å²) in [4.78, 5) is 2.09. The fraction of sp³-hybridized carbons (Fsp3) is 1.00. The smallest absolute Gasteiger partial charge is 0.116 e. The van der Waals surface area contributed by atoms with Crippen LogP contribution in [0.1, 0.15) is 33.6 Å². The molecule has 1 aliphatic heterocycles. The van der Waals surface area contributed by atoms with Crippen molar-refractivity contribution >= 4 is 0 Å². The average Bonchev–Trinajstić information content (AvgIpc) is 2.03. The van der Waals surface area contributed by atoms with Crippen LogP contribution in [-0.4, -0.2) is 31.2 Å². The monoisotopic (exact) mass is 187 g/mol. The second-order valence-corrected chi connectivity index (χ2v) is 5.02. The molecule has 0 radical (unpaired) electrons. The van der Waals surface area contributed by atoms with E-state index in [4.69, 9.17) is 0 Å². The van der Waals surface area contributed by atoms with Crippen LogP contribution in [0, 0.1) is 11.3 Å². The number of halogens is 1. The molecule has 1 rings (SSSR count). The van der Waals surface area contributed by atoms with Crippen molar-refractivity contribution in [1.29, 1.82) is 0 Å². The van der Waals surface area contributed by atoms with Crippen LogP contribution in [-0.2, 0) is 0 Å². The highest BCUT2D eigenvalue weighted by atomic mass is 19.1. The third-order valence-corrected chi connectivity index (χ3v) is 3.66. The van der Waals surface area contributed by atoms with Crippen molar-refractivity contribution < 1.29 is 4.39 Å². The highest BCUT2D eigenvalue weighted by Gasteiger charge is 2.37. The van der Waals surface area contributed by atoms with Crippen molar-refractivity contribution in [2.24, 2.45) is 11.3 Å². The van der Waals surface area contributed by atoms with Crippen molar-refractivity contribution in [2.45, 2.75) is 39.8 Å². The van der Waals surface area contributed by atoms with Crippen molar-refractivity contribution in [1.82, 2.24) is 4.90 Å². The third kappa shape index (κ3) is 2.43. The molecule has 1 nitrogen and oxygen atoms in total. The number of likely N-dealkylation sites (tertiary alicyclic amines) is 1. The van der Waals surface area contributed by atoms with E-state index >= 15 is 0 Å². The highest BCUT2D eigenvalue weighted by molar-refractivity contribution is 4.87. The van der Waals surface area contributed by atoms with Crippen LogP contribution in [0.15, 0.2) is 0 Å². The summed E-state index contributed by atoms with van der Waals surface area (Å²) >= 11 is 0. The standard InChI is InChI=1S/C11H22FN/c1-5-11(2,3)9-6-7-13(4)8-10(9)12/h9-10H,5-8H2,1-4H3/t9-,10+/m1/s1. The lowest BCUT2D eigenvalue weighted by atomic mass is 9.71. The fourth-order valence-electron chi connectivity index (χ4n) is 2.20. The summed E-state index contributed by atoms with van der Waals surface area (Å²) < 4.78 is 13.7. The van der Waals surface area contributed by atoms with Crippen LogP contribution < -0.4 is 0 Å².